The van der Waals surface area contributed by atoms with Crippen LogP contribution in [0.2, 0.25) is 0 Å². The number of carbonyl (C=O) groups is 2. The quantitative estimate of drug-likeness (QED) is 0.710. The van der Waals surface area contributed by atoms with Gasteiger partial charge in [-0.1, -0.05) is 0 Å². The van der Waals surface area contributed by atoms with Crippen LogP contribution in [0.1, 0.15) is 16.1 Å². The summed E-state index contributed by atoms with van der Waals surface area (Å²) >= 11 is 0. The van der Waals surface area contributed by atoms with Crippen molar-refractivity contribution < 1.29 is 14.7 Å². The Hall–Kier alpha value is -1.89. The van der Waals surface area contributed by atoms with E-state index in [-0.39, 0.29) is 24.6 Å². The Kier molecular flexibility index (Phi) is 4.22. The summed E-state index contributed by atoms with van der Waals surface area (Å²) in [4.78, 5) is 23.7. The minimum Gasteiger partial charge on any atom is -0.478 e. The molecule has 0 aromatic carbocycles. The van der Waals surface area contributed by atoms with Gasteiger partial charge in [-0.3, -0.25) is 9.48 Å². The number of carboxylic acids is 1. The fourth-order valence-electron chi connectivity index (χ4n) is 1.30. The molecule has 17 heavy (non-hydrogen) atoms. The molecule has 0 saturated heterocycles. The van der Waals surface area contributed by atoms with Gasteiger partial charge in [0.25, 0.3) is 0 Å². The van der Waals surface area contributed by atoms with Gasteiger partial charge in [-0.2, -0.15) is 5.10 Å². The summed E-state index contributed by atoms with van der Waals surface area (Å²) in [6.45, 7) is 0.453. The van der Waals surface area contributed by atoms with Crippen molar-refractivity contribution in [3.8, 4) is 0 Å². The molecule has 0 aliphatic carbocycles. The third kappa shape index (κ3) is 3.28. The number of aromatic nitrogens is 2. The van der Waals surface area contributed by atoms with Gasteiger partial charge in [0, 0.05) is 27.7 Å². The molecule has 0 bridgehead atoms. The normalized spacial score (nSPS) is 10.3. The summed E-state index contributed by atoms with van der Waals surface area (Å²) in [7, 11) is 4.99. The second-order valence-electron chi connectivity index (χ2n) is 3.83. The van der Waals surface area contributed by atoms with Crippen molar-refractivity contribution in [3.63, 3.8) is 0 Å². The third-order valence-electron chi connectivity index (χ3n) is 2.36. The first-order valence-electron chi connectivity index (χ1n) is 5.08. The van der Waals surface area contributed by atoms with Gasteiger partial charge in [0.1, 0.15) is 5.56 Å². The number of carboxylic acid groups (broad SMARTS) is 1. The molecule has 0 radical (unpaired) electrons. The van der Waals surface area contributed by atoms with Crippen LogP contribution in [0.25, 0.3) is 0 Å². The molecule has 1 aromatic rings. The number of nitrogens with one attached hydrogen (secondary N) is 1. The molecule has 1 heterocycles. The van der Waals surface area contributed by atoms with Crippen molar-refractivity contribution in [2.45, 2.75) is 6.54 Å². The van der Waals surface area contributed by atoms with Gasteiger partial charge in [0.15, 0.2) is 0 Å². The first-order chi connectivity index (χ1) is 7.93. The van der Waals surface area contributed by atoms with Gasteiger partial charge in [-0.15, -0.1) is 0 Å². The van der Waals surface area contributed by atoms with Crippen LogP contribution in [0.3, 0.4) is 0 Å². The molecule has 7 heteroatoms. The number of rotatable bonds is 5. The Morgan fingerprint density at radius 2 is 2.18 bits per heavy atom. The van der Waals surface area contributed by atoms with E-state index in [9.17, 15) is 9.59 Å². The minimum atomic E-state index is -1.02. The number of hydrogen-bond donors (Lipinski definition) is 2. The summed E-state index contributed by atoms with van der Waals surface area (Å²) in [5, 5.41) is 15.7. The molecule has 0 spiro atoms. The summed E-state index contributed by atoms with van der Waals surface area (Å²) in [6, 6.07) is 0. The second-order valence-corrected chi connectivity index (χ2v) is 3.83. The van der Waals surface area contributed by atoms with Gasteiger partial charge in [0.05, 0.1) is 18.4 Å². The lowest BCUT2D eigenvalue weighted by Gasteiger charge is -2.11. The number of likely N-dealkylation sites (N-methyl/N-ethyl adjacent to an activating group) is 1. The summed E-state index contributed by atoms with van der Waals surface area (Å²) in [5.41, 5.74) is 0.696. The molecule has 0 unspecified atom stereocenters. The predicted molar refractivity (Wildman–Crippen MR) is 60.6 cm³/mol. The summed E-state index contributed by atoms with van der Waals surface area (Å²) < 4.78 is 1.48. The van der Waals surface area contributed by atoms with Crippen LogP contribution in [-0.4, -0.2) is 52.3 Å². The lowest BCUT2D eigenvalue weighted by Crippen LogP contribution is -2.33. The average Bonchev–Trinajstić information content (AvgIpc) is 2.60. The highest BCUT2D eigenvalue weighted by Crippen LogP contribution is 2.06. The molecule has 0 aliphatic rings. The maximum absolute atomic E-state index is 11.3. The molecular weight excluding hydrogens is 224 g/mol. The Bertz CT molecular complexity index is 425. The van der Waals surface area contributed by atoms with Gasteiger partial charge in [0.2, 0.25) is 5.91 Å². The monoisotopic (exact) mass is 240 g/mol. The van der Waals surface area contributed by atoms with Gasteiger partial charge >= 0.3 is 5.97 Å². The fraction of sp³-hybridized carbons (Fsp3) is 0.500. The zero-order valence-electron chi connectivity index (χ0n) is 10.1. The topological polar surface area (TPSA) is 87.5 Å². The van der Waals surface area contributed by atoms with Crippen molar-refractivity contribution in [2.75, 3.05) is 20.6 Å². The average molecular weight is 240 g/mol. The zero-order chi connectivity index (χ0) is 13.0. The Morgan fingerprint density at radius 3 is 2.71 bits per heavy atom. The van der Waals surface area contributed by atoms with E-state index in [4.69, 9.17) is 5.11 Å². The van der Waals surface area contributed by atoms with E-state index in [1.165, 1.54) is 15.8 Å². The highest BCUT2D eigenvalue weighted by molar-refractivity contribution is 5.88. The van der Waals surface area contributed by atoms with E-state index in [2.05, 4.69) is 10.4 Å². The van der Waals surface area contributed by atoms with E-state index in [1.807, 2.05) is 0 Å². The number of aromatic carboxylic acids is 1. The standard InChI is InChI=1S/C10H16N4O3/c1-13(2)9(15)6-11-5-8-7(10(16)17)4-12-14(8)3/h4,11H,5-6H2,1-3H3,(H,16,17). The van der Waals surface area contributed by atoms with Gasteiger partial charge < -0.3 is 15.3 Å². The lowest BCUT2D eigenvalue weighted by molar-refractivity contribution is -0.127. The highest BCUT2D eigenvalue weighted by Gasteiger charge is 2.14. The molecule has 1 amide bonds. The maximum Gasteiger partial charge on any atom is 0.339 e. The van der Waals surface area contributed by atoms with E-state index < -0.39 is 5.97 Å². The van der Waals surface area contributed by atoms with E-state index >= 15 is 0 Å². The van der Waals surface area contributed by atoms with Crippen LogP contribution in [0.4, 0.5) is 0 Å². The van der Waals surface area contributed by atoms with E-state index in [0.29, 0.717) is 5.69 Å². The first kappa shape index (κ1) is 13.2. The number of carbonyl (C=O) groups excluding carboxylic acids is 1. The van der Waals surface area contributed by atoms with Gasteiger partial charge in [-0.25, -0.2) is 4.79 Å². The minimum absolute atomic E-state index is 0.0657. The number of aryl methyl sites for hydroxylation is 1. The van der Waals surface area contributed by atoms with Crippen molar-refractivity contribution in [2.24, 2.45) is 7.05 Å². The Labute approximate surface area is 99.0 Å². The van der Waals surface area contributed by atoms with Crippen LogP contribution < -0.4 is 5.32 Å². The van der Waals surface area contributed by atoms with Crippen LogP contribution >= 0.6 is 0 Å². The van der Waals surface area contributed by atoms with E-state index in [0.717, 1.165) is 0 Å². The molecule has 7 nitrogen and oxygen atoms in total. The maximum atomic E-state index is 11.3. The molecule has 0 saturated carbocycles. The van der Waals surface area contributed by atoms with E-state index in [1.54, 1.807) is 21.1 Å². The molecule has 1 rings (SSSR count). The van der Waals surface area contributed by atoms with Crippen molar-refractivity contribution >= 4 is 11.9 Å². The molecule has 1 aromatic heterocycles. The molecule has 0 aliphatic heterocycles. The fourth-order valence-corrected chi connectivity index (χ4v) is 1.30. The first-order valence-corrected chi connectivity index (χ1v) is 5.08. The molecular formula is C10H16N4O3. The third-order valence-corrected chi connectivity index (χ3v) is 2.36. The molecule has 0 fully saturated rings. The Morgan fingerprint density at radius 1 is 1.53 bits per heavy atom. The molecule has 0 atom stereocenters. The highest BCUT2D eigenvalue weighted by atomic mass is 16.4. The number of amides is 1. The smallest absolute Gasteiger partial charge is 0.339 e. The SMILES string of the molecule is CN(C)C(=O)CNCc1c(C(=O)O)cnn1C. The van der Waals surface area contributed by atoms with Crippen molar-refractivity contribution in [1.82, 2.24) is 20.0 Å². The van der Waals surface area contributed by atoms with Crippen LogP contribution in [0.15, 0.2) is 6.20 Å². The predicted octanol–water partition coefficient (Wildman–Crippen LogP) is -0.704. The van der Waals surface area contributed by atoms with Crippen LogP contribution in [0, 0.1) is 0 Å². The largest absolute Gasteiger partial charge is 0.478 e. The lowest BCUT2D eigenvalue weighted by atomic mass is 10.2. The number of hydrogen-bond acceptors (Lipinski definition) is 4. The summed E-state index contributed by atoms with van der Waals surface area (Å²) in [6.07, 6.45) is 1.30. The Balaban J connectivity index is 2.60. The zero-order valence-corrected chi connectivity index (χ0v) is 10.1. The van der Waals surface area contributed by atoms with Crippen LogP contribution in [0.5, 0.6) is 0 Å². The van der Waals surface area contributed by atoms with Crippen LogP contribution in [-0.2, 0) is 18.4 Å². The second kappa shape index (κ2) is 5.44. The van der Waals surface area contributed by atoms with Crippen molar-refractivity contribution in [1.29, 1.82) is 0 Å². The molecule has 94 valence electrons. The van der Waals surface area contributed by atoms with Gasteiger partial charge in [-0.05, 0) is 0 Å². The number of nitrogens with zero attached hydrogens (tertiary/aromatic N) is 3. The summed E-state index contributed by atoms with van der Waals surface area (Å²) in [5.74, 6) is -1.09. The van der Waals surface area contributed by atoms with Crippen molar-refractivity contribution in [3.05, 3.63) is 17.5 Å². The molecule has 2 N–H and O–H groups in total.